The topological polar surface area (TPSA) is 122 Å². The van der Waals surface area contributed by atoms with Crippen molar-refractivity contribution in [2.45, 2.75) is 32.2 Å². The van der Waals surface area contributed by atoms with Crippen LogP contribution >= 0.6 is 0 Å². The highest BCUT2D eigenvalue weighted by molar-refractivity contribution is 6.02. The number of carboxylic acid groups (broad SMARTS) is 1. The van der Waals surface area contributed by atoms with Gasteiger partial charge in [0, 0.05) is 25.2 Å². The molecule has 1 atom stereocenters. The minimum absolute atomic E-state index is 0.113. The van der Waals surface area contributed by atoms with Crippen LogP contribution < -0.4 is 9.47 Å². The van der Waals surface area contributed by atoms with Crippen LogP contribution in [-0.4, -0.2) is 53.4 Å². The van der Waals surface area contributed by atoms with E-state index in [1.807, 2.05) is 0 Å². The van der Waals surface area contributed by atoms with Crippen LogP contribution in [0.2, 0.25) is 0 Å². The van der Waals surface area contributed by atoms with Gasteiger partial charge in [0.15, 0.2) is 6.04 Å². The summed E-state index contributed by atoms with van der Waals surface area (Å²) in [6.45, 7) is 1.13. The smallest absolute Gasteiger partial charge is 0.328 e. The molecule has 0 amide bonds. The Morgan fingerprint density at radius 1 is 1.00 bits per heavy atom. The molecule has 8 nitrogen and oxygen atoms in total. The third-order valence-corrected chi connectivity index (χ3v) is 4.35. The molecule has 164 valence electrons. The molecule has 2 rings (SSSR count). The van der Waals surface area contributed by atoms with Crippen molar-refractivity contribution in [2.24, 2.45) is 4.99 Å². The van der Waals surface area contributed by atoms with Crippen molar-refractivity contribution in [3.8, 4) is 11.5 Å². The van der Waals surface area contributed by atoms with Crippen molar-refractivity contribution in [3.05, 3.63) is 59.7 Å². The molecule has 0 heterocycles. The Hall–Kier alpha value is -3.52. The van der Waals surface area contributed by atoms with E-state index in [0.29, 0.717) is 22.6 Å². The van der Waals surface area contributed by atoms with E-state index in [-0.39, 0.29) is 37.4 Å². The fourth-order valence-corrected chi connectivity index (χ4v) is 2.84. The lowest BCUT2D eigenvalue weighted by Crippen LogP contribution is -2.23. The number of hydrogen-bond donors (Lipinski definition) is 2. The standard InChI is InChI=1S/C23H25NO7/c1-15(26)13-22(27)31-19-7-3-16(4-8-19)14-21(23(28)29)24-20(11-12-25)17-5-9-18(30-2)10-6-17/h3-10,21,25H,11-14H2,1-2H3,(H,28,29). The molecule has 2 aromatic rings. The first-order chi connectivity index (χ1) is 14.8. The summed E-state index contributed by atoms with van der Waals surface area (Å²) in [5.74, 6) is -1.11. The van der Waals surface area contributed by atoms with E-state index in [4.69, 9.17) is 9.47 Å². The van der Waals surface area contributed by atoms with Crippen LogP contribution in [0.15, 0.2) is 53.5 Å². The number of nitrogens with zero attached hydrogens (tertiary/aromatic N) is 1. The lowest BCUT2D eigenvalue weighted by Gasteiger charge is -2.13. The SMILES string of the molecule is COc1ccc(C(CCO)=NC(Cc2ccc(OC(=O)CC(C)=O)cc2)C(=O)O)cc1. The zero-order valence-electron chi connectivity index (χ0n) is 17.4. The first-order valence-electron chi connectivity index (χ1n) is 9.66. The summed E-state index contributed by atoms with van der Waals surface area (Å²) < 4.78 is 10.2. The number of carbonyl (C=O) groups is 3. The van der Waals surface area contributed by atoms with E-state index in [2.05, 4.69) is 4.99 Å². The summed E-state index contributed by atoms with van der Waals surface area (Å²) in [6, 6.07) is 12.3. The number of aliphatic hydroxyl groups is 1. The Morgan fingerprint density at radius 2 is 1.61 bits per heavy atom. The molecular formula is C23H25NO7. The molecule has 31 heavy (non-hydrogen) atoms. The molecule has 0 saturated carbocycles. The molecule has 8 heteroatoms. The monoisotopic (exact) mass is 427 g/mol. The van der Waals surface area contributed by atoms with Crippen molar-refractivity contribution in [3.63, 3.8) is 0 Å². The summed E-state index contributed by atoms with van der Waals surface area (Å²) in [7, 11) is 1.55. The van der Waals surface area contributed by atoms with Gasteiger partial charge in [-0.15, -0.1) is 0 Å². The van der Waals surface area contributed by atoms with Crippen LogP contribution in [0.5, 0.6) is 11.5 Å². The Bertz CT molecular complexity index is 933. The molecule has 0 aliphatic carbocycles. The van der Waals surface area contributed by atoms with Gasteiger partial charge in [-0.3, -0.25) is 14.6 Å². The van der Waals surface area contributed by atoms with Gasteiger partial charge in [-0.05, 0) is 54.4 Å². The Labute approximate surface area is 180 Å². The van der Waals surface area contributed by atoms with Crippen LogP contribution in [-0.2, 0) is 20.8 Å². The number of aliphatic hydroxyl groups excluding tert-OH is 1. The molecule has 2 aromatic carbocycles. The van der Waals surface area contributed by atoms with Crippen molar-refractivity contribution in [1.82, 2.24) is 0 Å². The molecule has 0 aliphatic rings. The van der Waals surface area contributed by atoms with Gasteiger partial charge in [-0.1, -0.05) is 12.1 Å². The molecule has 1 unspecified atom stereocenters. The molecule has 0 fully saturated rings. The molecule has 0 aliphatic heterocycles. The molecule has 0 aromatic heterocycles. The fourth-order valence-electron chi connectivity index (χ4n) is 2.84. The summed E-state index contributed by atoms with van der Waals surface area (Å²) in [6.07, 6.45) is 0.0137. The Morgan fingerprint density at radius 3 is 2.13 bits per heavy atom. The Kier molecular flexibility index (Phi) is 8.90. The van der Waals surface area contributed by atoms with Gasteiger partial charge < -0.3 is 19.7 Å². The number of ketones is 1. The maximum Gasteiger partial charge on any atom is 0.328 e. The van der Waals surface area contributed by atoms with Crippen molar-refractivity contribution >= 4 is 23.4 Å². The highest BCUT2D eigenvalue weighted by Gasteiger charge is 2.19. The predicted molar refractivity (Wildman–Crippen MR) is 114 cm³/mol. The van der Waals surface area contributed by atoms with Crippen LogP contribution in [0.1, 0.15) is 30.9 Å². The van der Waals surface area contributed by atoms with E-state index in [1.54, 1.807) is 43.5 Å². The van der Waals surface area contributed by atoms with Gasteiger partial charge in [-0.25, -0.2) is 4.79 Å². The van der Waals surface area contributed by atoms with E-state index >= 15 is 0 Å². The van der Waals surface area contributed by atoms with Crippen molar-refractivity contribution in [1.29, 1.82) is 0 Å². The highest BCUT2D eigenvalue weighted by Crippen LogP contribution is 2.18. The van der Waals surface area contributed by atoms with Gasteiger partial charge in [-0.2, -0.15) is 0 Å². The van der Waals surface area contributed by atoms with Crippen LogP contribution in [0, 0.1) is 0 Å². The average Bonchev–Trinajstić information content (AvgIpc) is 2.73. The van der Waals surface area contributed by atoms with Crippen LogP contribution in [0.25, 0.3) is 0 Å². The molecule has 0 radical (unpaired) electrons. The number of carboxylic acids is 1. The van der Waals surface area contributed by atoms with Gasteiger partial charge in [0.2, 0.25) is 0 Å². The third-order valence-electron chi connectivity index (χ3n) is 4.35. The minimum atomic E-state index is -1.10. The number of rotatable bonds is 11. The predicted octanol–water partition coefficient (Wildman–Crippen LogP) is 2.45. The summed E-state index contributed by atoms with van der Waals surface area (Å²) >= 11 is 0. The summed E-state index contributed by atoms with van der Waals surface area (Å²) in [4.78, 5) is 38.7. The number of carbonyl (C=O) groups excluding carboxylic acids is 2. The van der Waals surface area contributed by atoms with Gasteiger partial charge >= 0.3 is 11.9 Å². The number of benzene rings is 2. The van der Waals surface area contributed by atoms with Crippen LogP contribution in [0.4, 0.5) is 0 Å². The molecule has 0 spiro atoms. The number of esters is 1. The zero-order chi connectivity index (χ0) is 22.8. The largest absolute Gasteiger partial charge is 0.497 e. The van der Waals surface area contributed by atoms with E-state index in [1.165, 1.54) is 19.1 Å². The maximum atomic E-state index is 11.8. The number of ether oxygens (including phenoxy) is 2. The van der Waals surface area contributed by atoms with Crippen LogP contribution in [0.3, 0.4) is 0 Å². The third kappa shape index (κ3) is 7.67. The number of aliphatic imine (C=N–C) groups is 1. The molecule has 2 N–H and O–H groups in total. The summed E-state index contributed by atoms with van der Waals surface area (Å²) in [5.41, 5.74) is 1.86. The molecule has 0 bridgehead atoms. The second-order valence-corrected chi connectivity index (χ2v) is 6.83. The van der Waals surface area contributed by atoms with Gasteiger partial charge in [0.1, 0.15) is 23.7 Å². The zero-order valence-corrected chi connectivity index (χ0v) is 17.4. The normalized spacial score (nSPS) is 12.2. The van der Waals surface area contributed by atoms with Crippen molar-refractivity contribution < 1.29 is 34.1 Å². The van der Waals surface area contributed by atoms with E-state index in [0.717, 1.165) is 0 Å². The van der Waals surface area contributed by atoms with E-state index < -0.39 is 18.0 Å². The lowest BCUT2D eigenvalue weighted by molar-refractivity contribution is -0.139. The minimum Gasteiger partial charge on any atom is -0.497 e. The average molecular weight is 427 g/mol. The van der Waals surface area contributed by atoms with Crippen molar-refractivity contribution in [2.75, 3.05) is 13.7 Å². The first-order valence-corrected chi connectivity index (χ1v) is 9.66. The number of hydrogen-bond acceptors (Lipinski definition) is 7. The highest BCUT2D eigenvalue weighted by atomic mass is 16.5. The fraction of sp³-hybridized carbons (Fsp3) is 0.304. The number of methoxy groups -OCH3 is 1. The summed E-state index contributed by atoms with van der Waals surface area (Å²) in [5, 5.41) is 19.0. The molecule has 0 saturated heterocycles. The van der Waals surface area contributed by atoms with Gasteiger partial charge in [0.25, 0.3) is 0 Å². The van der Waals surface area contributed by atoms with Gasteiger partial charge in [0.05, 0.1) is 7.11 Å². The quantitative estimate of drug-likeness (QED) is 0.244. The maximum absolute atomic E-state index is 11.8. The molecular weight excluding hydrogens is 402 g/mol. The Balaban J connectivity index is 2.17. The number of aliphatic carboxylic acids is 1. The second-order valence-electron chi connectivity index (χ2n) is 6.83. The lowest BCUT2D eigenvalue weighted by atomic mass is 10.0. The number of Topliss-reactive ketones (excluding diaryl/α,β-unsaturated/α-hetero) is 1. The second kappa shape index (κ2) is 11.6. The van der Waals surface area contributed by atoms with E-state index in [9.17, 15) is 24.6 Å². The first kappa shape index (κ1) is 23.8.